The highest BCUT2D eigenvalue weighted by Crippen LogP contribution is 2.18. The highest BCUT2D eigenvalue weighted by Gasteiger charge is 2.08. The summed E-state index contributed by atoms with van der Waals surface area (Å²) >= 11 is 0. The van der Waals surface area contributed by atoms with Crippen molar-refractivity contribution in [3.05, 3.63) is 102 Å². The molecule has 0 bridgehead atoms. The number of carbonyl (C=O) groups excluding carboxylic acids is 1. The van der Waals surface area contributed by atoms with Crippen molar-refractivity contribution in [3.8, 4) is 23.7 Å². The number of hydrogen-bond acceptors (Lipinski definition) is 2. The molecule has 0 N–H and O–H groups in total. The third-order valence-corrected chi connectivity index (χ3v) is 3.96. The smallest absolute Gasteiger partial charge is 0.152 e. The minimum absolute atomic E-state index is 0.489. The maximum Gasteiger partial charge on any atom is 0.152 e. The number of para-hydroxylation sites is 1. The Morgan fingerprint density at radius 2 is 1.15 bits per heavy atom. The first-order valence-electron chi connectivity index (χ1n) is 8.74. The molecular formula is C25H19NO. The first-order valence-corrected chi connectivity index (χ1v) is 8.74. The van der Waals surface area contributed by atoms with Crippen LogP contribution in [0.4, 0.5) is 5.69 Å². The van der Waals surface area contributed by atoms with Gasteiger partial charge in [0.05, 0.1) is 13.1 Å². The van der Waals surface area contributed by atoms with Crippen LogP contribution < -0.4 is 4.90 Å². The van der Waals surface area contributed by atoms with Gasteiger partial charge in [0.1, 0.15) is 0 Å². The molecule has 3 aromatic carbocycles. The van der Waals surface area contributed by atoms with Gasteiger partial charge in [-0.05, 0) is 36.4 Å². The van der Waals surface area contributed by atoms with Crippen LogP contribution in [0.15, 0.2) is 84.9 Å². The van der Waals surface area contributed by atoms with E-state index in [2.05, 4.69) is 23.7 Å². The lowest BCUT2D eigenvalue weighted by molar-refractivity contribution is 0.112. The second kappa shape index (κ2) is 9.66. The Kier molecular flexibility index (Phi) is 6.46. The minimum Gasteiger partial charge on any atom is -0.349 e. The number of aldehydes is 1. The van der Waals surface area contributed by atoms with Crippen molar-refractivity contribution in [2.24, 2.45) is 0 Å². The average molecular weight is 349 g/mol. The van der Waals surface area contributed by atoms with E-state index in [-0.39, 0.29) is 0 Å². The van der Waals surface area contributed by atoms with Gasteiger partial charge in [-0.2, -0.15) is 0 Å². The Bertz CT molecular complexity index is 942. The summed E-state index contributed by atoms with van der Waals surface area (Å²) in [5, 5.41) is 0. The van der Waals surface area contributed by atoms with Crippen LogP contribution in [-0.4, -0.2) is 19.4 Å². The maximum atomic E-state index is 11.4. The van der Waals surface area contributed by atoms with Crippen molar-refractivity contribution < 1.29 is 4.79 Å². The molecule has 0 aliphatic rings. The Morgan fingerprint density at radius 1 is 0.667 bits per heavy atom. The number of rotatable bonds is 4. The van der Waals surface area contributed by atoms with Gasteiger partial charge in [-0.1, -0.05) is 72.2 Å². The summed E-state index contributed by atoms with van der Waals surface area (Å²) in [7, 11) is 0. The molecule has 0 amide bonds. The van der Waals surface area contributed by atoms with Gasteiger partial charge in [-0.3, -0.25) is 4.79 Å². The predicted octanol–water partition coefficient (Wildman–Crippen LogP) is 4.41. The lowest BCUT2D eigenvalue weighted by Crippen LogP contribution is -2.25. The molecule has 0 heterocycles. The first kappa shape index (κ1) is 18.1. The third-order valence-electron chi connectivity index (χ3n) is 3.96. The molecule has 3 rings (SSSR count). The summed E-state index contributed by atoms with van der Waals surface area (Å²) in [5.41, 5.74) is 3.42. The number of benzene rings is 3. The molecular weight excluding hydrogens is 330 g/mol. The minimum atomic E-state index is 0.489. The van der Waals surface area contributed by atoms with Crippen LogP contribution in [0.25, 0.3) is 0 Å². The van der Waals surface area contributed by atoms with E-state index in [1.165, 1.54) is 0 Å². The van der Waals surface area contributed by atoms with Crippen LogP contribution in [-0.2, 0) is 0 Å². The van der Waals surface area contributed by atoms with Gasteiger partial charge in [0, 0.05) is 22.4 Å². The van der Waals surface area contributed by atoms with Gasteiger partial charge in [-0.25, -0.2) is 0 Å². The summed E-state index contributed by atoms with van der Waals surface area (Å²) < 4.78 is 0. The standard InChI is InChI=1S/C25H19NO/c27-21-24-17-7-8-18-25(24)26(19-9-15-22-11-3-1-4-12-22)20-10-16-23-13-5-2-6-14-23/h1-8,11-14,17-18,21H,19-20H2. The van der Waals surface area contributed by atoms with E-state index in [9.17, 15) is 4.79 Å². The van der Waals surface area contributed by atoms with Crippen LogP contribution in [0.2, 0.25) is 0 Å². The van der Waals surface area contributed by atoms with Crippen molar-refractivity contribution in [3.63, 3.8) is 0 Å². The summed E-state index contributed by atoms with van der Waals surface area (Å²) in [6, 6.07) is 27.2. The second-order valence-corrected chi connectivity index (χ2v) is 5.87. The predicted molar refractivity (Wildman–Crippen MR) is 111 cm³/mol. The number of nitrogens with zero attached hydrogens (tertiary/aromatic N) is 1. The van der Waals surface area contributed by atoms with E-state index in [1.54, 1.807) is 0 Å². The Morgan fingerprint density at radius 3 is 1.67 bits per heavy atom. The van der Waals surface area contributed by atoms with Crippen molar-refractivity contribution >= 4 is 12.0 Å². The van der Waals surface area contributed by atoms with Gasteiger partial charge in [0.25, 0.3) is 0 Å². The van der Waals surface area contributed by atoms with Crippen molar-refractivity contribution in [2.45, 2.75) is 0 Å². The van der Waals surface area contributed by atoms with Gasteiger partial charge in [0.15, 0.2) is 6.29 Å². The van der Waals surface area contributed by atoms with Gasteiger partial charge in [0.2, 0.25) is 0 Å². The number of hydrogen-bond donors (Lipinski definition) is 0. The zero-order chi connectivity index (χ0) is 18.7. The zero-order valence-electron chi connectivity index (χ0n) is 14.9. The molecule has 0 fully saturated rings. The van der Waals surface area contributed by atoms with Crippen LogP contribution in [0.1, 0.15) is 21.5 Å². The molecule has 0 spiro atoms. The highest BCUT2D eigenvalue weighted by atomic mass is 16.1. The summed E-state index contributed by atoms with van der Waals surface area (Å²) in [4.78, 5) is 13.4. The number of carbonyl (C=O) groups is 1. The van der Waals surface area contributed by atoms with E-state index in [0.717, 1.165) is 23.1 Å². The Hall–Kier alpha value is -3.75. The third kappa shape index (κ3) is 5.36. The van der Waals surface area contributed by atoms with Crippen LogP contribution in [0, 0.1) is 23.7 Å². The van der Waals surface area contributed by atoms with Gasteiger partial charge < -0.3 is 4.90 Å². The SMILES string of the molecule is O=Cc1ccccc1N(CC#Cc1ccccc1)CC#Cc1ccccc1. The Balaban J connectivity index is 1.82. The molecule has 2 heteroatoms. The lowest BCUT2D eigenvalue weighted by atomic mass is 10.1. The van der Waals surface area contributed by atoms with Crippen molar-refractivity contribution in [1.82, 2.24) is 0 Å². The topological polar surface area (TPSA) is 20.3 Å². The fourth-order valence-electron chi connectivity index (χ4n) is 2.62. The van der Waals surface area contributed by atoms with E-state index < -0.39 is 0 Å². The second-order valence-electron chi connectivity index (χ2n) is 5.87. The molecule has 130 valence electrons. The summed E-state index contributed by atoms with van der Waals surface area (Å²) in [5.74, 6) is 12.7. The first-order chi connectivity index (χ1) is 13.4. The molecule has 0 aliphatic heterocycles. The molecule has 0 radical (unpaired) electrons. The molecule has 0 saturated heterocycles. The molecule has 0 aliphatic carbocycles. The fourth-order valence-corrected chi connectivity index (χ4v) is 2.62. The van der Waals surface area contributed by atoms with Crippen LogP contribution in [0.5, 0.6) is 0 Å². The normalized spacial score (nSPS) is 9.33. The maximum absolute atomic E-state index is 11.4. The molecule has 0 saturated carbocycles. The molecule has 0 atom stereocenters. The quantitative estimate of drug-likeness (QED) is 0.514. The monoisotopic (exact) mass is 349 g/mol. The van der Waals surface area contributed by atoms with E-state index in [0.29, 0.717) is 18.7 Å². The highest BCUT2D eigenvalue weighted by molar-refractivity contribution is 5.84. The molecule has 0 unspecified atom stereocenters. The largest absolute Gasteiger partial charge is 0.349 e. The fraction of sp³-hybridized carbons (Fsp3) is 0.0800. The van der Waals surface area contributed by atoms with E-state index in [1.807, 2.05) is 89.8 Å². The zero-order valence-corrected chi connectivity index (χ0v) is 14.9. The summed E-state index contributed by atoms with van der Waals surface area (Å²) in [6.45, 7) is 0.979. The molecule has 3 aromatic rings. The van der Waals surface area contributed by atoms with Gasteiger partial charge >= 0.3 is 0 Å². The molecule has 2 nitrogen and oxygen atoms in total. The van der Waals surface area contributed by atoms with Crippen LogP contribution >= 0.6 is 0 Å². The van der Waals surface area contributed by atoms with E-state index in [4.69, 9.17) is 0 Å². The molecule has 0 aromatic heterocycles. The van der Waals surface area contributed by atoms with Crippen molar-refractivity contribution in [2.75, 3.05) is 18.0 Å². The van der Waals surface area contributed by atoms with Crippen LogP contribution in [0.3, 0.4) is 0 Å². The van der Waals surface area contributed by atoms with Crippen molar-refractivity contribution in [1.29, 1.82) is 0 Å². The summed E-state index contributed by atoms with van der Waals surface area (Å²) in [6.07, 6.45) is 0.873. The number of anilines is 1. The molecule has 27 heavy (non-hydrogen) atoms. The lowest BCUT2D eigenvalue weighted by Gasteiger charge is -2.21. The van der Waals surface area contributed by atoms with E-state index >= 15 is 0 Å². The Labute approximate surface area is 160 Å². The van der Waals surface area contributed by atoms with Gasteiger partial charge in [-0.15, -0.1) is 0 Å². The average Bonchev–Trinajstić information content (AvgIpc) is 2.74.